The van der Waals surface area contributed by atoms with Gasteiger partial charge in [-0.25, -0.2) is 0 Å². The van der Waals surface area contributed by atoms with Crippen LogP contribution in [0, 0.1) is 5.92 Å². The SMILES string of the molecule is C[C@H]1CCN(C)C[C@@H]1N. The molecule has 0 radical (unpaired) electrons. The Hall–Kier alpha value is -0.0800. The molecule has 0 spiro atoms. The summed E-state index contributed by atoms with van der Waals surface area (Å²) >= 11 is 0. The van der Waals surface area contributed by atoms with Gasteiger partial charge in [-0.05, 0) is 25.9 Å². The zero-order chi connectivity index (χ0) is 6.85. The van der Waals surface area contributed by atoms with Crippen LogP contribution in [0.4, 0.5) is 0 Å². The van der Waals surface area contributed by atoms with Crippen LogP contribution in [0.25, 0.3) is 0 Å². The number of nitrogens with two attached hydrogens (primary N) is 1. The molecule has 0 amide bonds. The highest BCUT2D eigenvalue weighted by Crippen LogP contribution is 2.13. The number of likely N-dealkylation sites (N-methyl/N-ethyl adjacent to an activating group) is 1. The standard InChI is InChI=1S/C7H16N2/c1-6-3-4-9(2)5-7(6)8/h6-7H,3-5,8H2,1-2H3/t6-,7-/m0/s1. The Kier molecular flexibility index (Phi) is 2.09. The molecule has 0 aliphatic carbocycles. The Labute approximate surface area is 57.0 Å². The summed E-state index contributed by atoms with van der Waals surface area (Å²) in [6, 6.07) is 0.406. The summed E-state index contributed by atoms with van der Waals surface area (Å²) in [4.78, 5) is 2.30. The minimum absolute atomic E-state index is 0.406. The lowest BCUT2D eigenvalue weighted by Gasteiger charge is -2.32. The molecule has 2 N–H and O–H groups in total. The van der Waals surface area contributed by atoms with Crippen LogP contribution in [0.15, 0.2) is 0 Å². The fraction of sp³-hybridized carbons (Fsp3) is 1.00. The smallest absolute Gasteiger partial charge is 0.0194 e. The van der Waals surface area contributed by atoms with Crippen molar-refractivity contribution in [2.24, 2.45) is 11.7 Å². The van der Waals surface area contributed by atoms with E-state index in [9.17, 15) is 0 Å². The molecule has 0 aromatic carbocycles. The summed E-state index contributed by atoms with van der Waals surface area (Å²) in [6.45, 7) is 4.52. The van der Waals surface area contributed by atoms with Crippen LogP contribution in [0.5, 0.6) is 0 Å². The first-order chi connectivity index (χ1) is 4.20. The molecule has 1 heterocycles. The third-order valence-corrected chi connectivity index (χ3v) is 2.22. The Balaban J connectivity index is 2.35. The van der Waals surface area contributed by atoms with Crippen molar-refractivity contribution in [2.75, 3.05) is 20.1 Å². The number of nitrogens with zero attached hydrogens (tertiary/aromatic N) is 1. The summed E-state index contributed by atoms with van der Waals surface area (Å²) < 4.78 is 0. The molecule has 1 aliphatic rings. The topological polar surface area (TPSA) is 29.3 Å². The Bertz CT molecular complexity index is 92.9. The highest BCUT2D eigenvalue weighted by atomic mass is 15.1. The first-order valence-electron chi connectivity index (χ1n) is 3.64. The van der Waals surface area contributed by atoms with Gasteiger partial charge >= 0.3 is 0 Å². The van der Waals surface area contributed by atoms with Crippen molar-refractivity contribution >= 4 is 0 Å². The van der Waals surface area contributed by atoms with Gasteiger partial charge in [-0.3, -0.25) is 0 Å². The summed E-state index contributed by atoms with van der Waals surface area (Å²) in [5, 5.41) is 0. The van der Waals surface area contributed by atoms with Gasteiger partial charge in [0.05, 0.1) is 0 Å². The lowest BCUT2D eigenvalue weighted by molar-refractivity contribution is 0.201. The summed E-state index contributed by atoms with van der Waals surface area (Å²) in [7, 11) is 2.13. The zero-order valence-corrected chi connectivity index (χ0v) is 6.30. The zero-order valence-electron chi connectivity index (χ0n) is 6.30. The van der Waals surface area contributed by atoms with E-state index >= 15 is 0 Å². The molecule has 1 rings (SSSR count). The maximum atomic E-state index is 5.83. The van der Waals surface area contributed by atoms with Crippen LogP contribution in [-0.2, 0) is 0 Å². The largest absolute Gasteiger partial charge is 0.326 e. The Morgan fingerprint density at radius 1 is 1.56 bits per heavy atom. The average Bonchev–Trinajstić information content (AvgIpc) is 1.80. The minimum Gasteiger partial charge on any atom is -0.326 e. The Morgan fingerprint density at radius 2 is 2.22 bits per heavy atom. The first kappa shape index (κ1) is 7.03. The summed E-state index contributed by atoms with van der Waals surface area (Å²) in [5.74, 6) is 0.723. The van der Waals surface area contributed by atoms with Gasteiger partial charge in [-0.2, -0.15) is 0 Å². The first-order valence-corrected chi connectivity index (χ1v) is 3.64. The molecule has 1 fully saturated rings. The summed E-state index contributed by atoms with van der Waals surface area (Å²) in [5.41, 5.74) is 5.83. The third-order valence-electron chi connectivity index (χ3n) is 2.22. The van der Waals surface area contributed by atoms with Gasteiger partial charge in [-0.1, -0.05) is 6.92 Å². The van der Waals surface area contributed by atoms with E-state index in [1.54, 1.807) is 0 Å². The maximum Gasteiger partial charge on any atom is 0.0194 e. The van der Waals surface area contributed by atoms with E-state index in [0.717, 1.165) is 12.5 Å². The van der Waals surface area contributed by atoms with Crippen molar-refractivity contribution < 1.29 is 0 Å². The van der Waals surface area contributed by atoms with Crippen molar-refractivity contribution in [1.29, 1.82) is 0 Å². The van der Waals surface area contributed by atoms with Gasteiger partial charge in [0, 0.05) is 12.6 Å². The third kappa shape index (κ3) is 1.66. The quantitative estimate of drug-likeness (QED) is 0.508. The highest BCUT2D eigenvalue weighted by molar-refractivity contribution is 4.78. The van der Waals surface area contributed by atoms with Crippen LogP contribution in [0.3, 0.4) is 0 Å². The predicted octanol–water partition coefficient (Wildman–Crippen LogP) is 0.285. The number of piperidine rings is 1. The molecular formula is C7H16N2. The molecule has 0 unspecified atom stereocenters. The monoisotopic (exact) mass is 128 g/mol. The van der Waals surface area contributed by atoms with Crippen LogP contribution < -0.4 is 5.73 Å². The molecule has 2 heteroatoms. The van der Waals surface area contributed by atoms with Gasteiger partial charge in [-0.15, -0.1) is 0 Å². The van der Waals surface area contributed by atoms with Crippen molar-refractivity contribution in [3.8, 4) is 0 Å². The number of hydrogen-bond donors (Lipinski definition) is 1. The Morgan fingerprint density at radius 3 is 2.67 bits per heavy atom. The molecule has 2 atom stereocenters. The van der Waals surface area contributed by atoms with Crippen LogP contribution in [0.2, 0.25) is 0 Å². The lowest BCUT2D eigenvalue weighted by atomic mass is 9.95. The molecule has 2 nitrogen and oxygen atoms in total. The molecule has 0 aromatic heterocycles. The molecule has 0 bridgehead atoms. The predicted molar refractivity (Wildman–Crippen MR) is 39.3 cm³/mol. The maximum absolute atomic E-state index is 5.83. The molecule has 9 heavy (non-hydrogen) atoms. The molecule has 1 saturated heterocycles. The second-order valence-corrected chi connectivity index (χ2v) is 3.19. The van der Waals surface area contributed by atoms with Crippen molar-refractivity contribution in [3.63, 3.8) is 0 Å². The number of likely N-dealkylation sites (tertiary alicyclic amines) is 1. The van der Waals surface area contributed by atoms with Gasteiger partial charge < -0.3 is 10.6 Å². The van der Waals surface area contributed by atoms with E-state index in [4.69, 9.17) is 5.73 Å². The van der Waals surface area contributed by atoms with Gasteiger partial charge in [0.15, 0.2) is 0 Å². The molecular weight excluding hydrogens is 112 g/mol. The van der Waals surface area contributed by atoms with E-state index in [1.165, 1.54) is 13.0 Å². The molecule has 0 aromatic rings. The van der Waals surface area contributed by atoms with Crippen LogP contribution in [0.1, 0.15) is 13.3 Å². The number of hydrogen-bond acceptors (Lipinski definition) is 2. The van der Waals surface area contributed by atoms with E-state index in [-0.39, 0.29) is 0 Å². The van der Waals surface area contributed by atoms with E-state index in [2.05, 4.69) is 18.9 Å². The lowest BCUT2D eigenvalue weighted by Crippen LogP contribution is -2.45. The molecule has 0 saturated carbocycles. The van der Waals surface area contributed by atoms with E-state index in [1.807, 2.05) is 0 Å². The van der Waals surface area contributed by atoms with E-state index < -0.39 is 0 Å². The number of rotatable bonds is 0. The van der Waals surface area contributed by atoms with Crippen molar-refractivity contribution in [3.05, 3.63) is 0 Å². The van der Waals surface area contributed by atoms with Gasteiger partial charge in [0.2, 0.25) is 0 Å². The van der Waals surface area contributed by atoms with Crippen molar-refractivity contribution in [1.82, 2.24) is 4.90 Å². The average molecular weight is 128 g/mol. The van der Waals surface area contributed by atoms with Crippen LogP contribution in [-0.4, -0.2) is 31.1 Å². The normalized spacial score (nSPS) is 39.0. The van der Waals surface area contributed by atoms with Crippen molar-refractivity contribution in [2.45, 2.75) is 19.4 Å². The second kappa shape index (κ2) is 2.67. The molecule has 1 aliphatic heterocycles. The summed E-state index contributed by atoms with van der Waals surface area (Å²) in [6.07, 6.45) is 1.26. The van der Waals surface area contributed by atoms with Gasteiger partial charge in [0.1, 0.15) is 0 Å². The highest BCUT2D eigenvalue weighted by Gasteiger charge is 2.19. The van der Waals surface area contributed by atoms with Gasteiger partial charge in [0.25, 0.3) is 0 Å². The fourth-order valence-corrected chi connectivity index (χ4v) is 1.27. The van der Waals surface area contributed by atoms with E-state index in [0.29, 0.717) is 6.04 Å². The fourth-order valence-electron chi connectivity index (χ4n) is 1.27. The van der Waals surface area contributed by atoms with Crippen LogP contribution >= 0.6 is 0 Å². The minimum atomic E-state index is 0.406. The molecule has 54 valence electrons. The second-order valence-electron chi connectivity index (χ2n) is 3.19.